The molecule has 37 heavy (non-hydrogen) atoms. The van der Waals surface area contributed by atoms with Gasteiger partial charge in [-0.3, -0.25) is 4.90 Å². The predicted molar refractivity (Wildman–Crippen MR) is 152 cm³/mol. The largest absolute Gasteiger partial charge is 0.492 e. The van der Waals surface area contributed by atoms with Crippen molar-refractivity contribution >= 4 is 22.0 Å². The minimum absolute atomic E-state index is 0.532. The van der Waals surface area contributed by atoms with E-state index in [1.54, 1.807) is 0 Å². The van der Waals surface area contributed by atoms with Gasteiger partial charge in [-0.1, -0.05) is 61.5 Å². The van der Waals surface area contributed by atoms with Crippen LogP contribution >= 0.6 is 0 Å². The third-order valence-electron chi connectivity index (χ3n) is 7.57. The predicted octanol–water partition coefficient (Wildman–Crippen LogP) is 7.08. The highest BCUT2D eigenvalue weighted by Crippen LogP contribution is 2.38. The molecule has 4 heteroatoms. The van der Waals surface area contributed by atoms with E-state index in [0.29, 0.717) is 18.9 Å². The smallest absolute Gasteiger partial charge is 0.119 e. The molecular weight excluding hydrogens is 454 g/mol. The van der Waals surface area contributed by atoms with Crippen LogP contribution < -0.4 is 4.74 Å². The van der Waals surface area contributed by atoms with Crippen LogP contribution in [0.5, 0.6) is 5.75 Å². The van der Waals surface area contributed by atoms with Crippen LogP contribution in [0.4, 0.5) is 0 Å². The Bertz CT molecular complexity index is 1450. The first-order chi connectivity index (χ1) is 18.1. The fraction of sp³-hybridized carbons (Fsp3) is 0.303. The Hall–Kier alpha value is -3.81. The Kier molecular flexibility index (Phi) is 7.44. The number of aromatic nitrogens is 1. The monoisotopic (exact) mass is 489 g/mol. The number of para-hydroxylation sites is 1. The summed E-state index contributed by atoms with van der Waals surface area (Å²) in [6.07, 6.45) is 1.59. The zero-order valence-corrected chi connectivity index (χ0v) is 22.1. The summed E-state index contributed by atoms with van der Waals surface area (Å²) < 4.78 is 8.40. The average Bonchev–Trinajstić information content (AvgIpc) is 3.23. The van der Waals surface area contributed by atoms with E-state index in [9.17, 15) is 0 Å². The molecule has 5 rings (SSSR count). The molecule has 1 aromatic heterocycles. The summed E-state index contributed by atoms with van der Waals surface area (Å²) in [6, 6.07) is 30.4. The van der Waals surface area contributed by atoms with Crippen LogP contribution in [0.2, 0.25) is 0 Å². The van der Waals surface area contributed by atoms with Crippen molar-refractivity contribution in [3.8, 4) is 11.8 Å². The molecule has 0 atom stereocenters. The van der Waals surface area contributed by atoms with E-state index in [4.69, 9.17) is 10.00 Å². The molecule has 1 aliphatic heterocycles. The van der Waals surface area contributed by atoms with Gasteiger partial charge in [0, 0.05) is 55.3 Å². The first-order valence-electron chi connectivity index (χ1n) is 13.3. The van der Waals surface area contributed by atoms with Crippen LogP contribution in [0.1, 0.15) is 42.1 Å². The summed E-state index contributed by atoms with van der Waals surface area (Å²) in [7, 11) is 2.16. The lowest BCUT2D eigenvalue weighted by atomic mass is 9.88. The van der Waals surface area contributed by atoms with Crippen molar-refractivity contribution in [1.82, 2.24) is 9.47 Å². The number of nitriles is 1. The molecule has 0 aliphatic carbocycles. The van der Waals surface area contributed by atoms with Crippen LogP contribution in [-0.4, -0.2) is 35.7 Å². The van der Waals surface area contributed by atoms with Gasteiger partial charge < -0.3 is 9.30 Å². The number of hydrogen-bond donors (Lipinski definition) is 0. The lowest BCUT2D eigenvalue weighted by Crippen LogP contribution is -2.47. The van der Waals surface area contributed by atoms with Gasteiger partial charge >= 0.3 is 0 Å². The number of hydrogen-bond acceptors (Lipinski definition) is 3. The summed E-state index contributed by atoms with van der Waals surface area (Å²) in [4.78, 5) is 2.35. The molecule has 1 aliphatic rings. The molecule has 0 radical (unpaired) electrons. The van der Waals surface area contributed by atoms with Gasteiger partial charge in [0.15, 0.2) is 0 Å². The number of nitrogens with zero attached hydrogens (tertiary/aromatic N) is 3. The molecule has 0 amide bonds. The van der Waals surface area contributed by atoms with Crippen molar-refractivity contribution in [1.29, 1.82) is 5.26 Å². The third kappa shape index (κ3) is 5.19. The number of aryl methyl sites for hydroxylation is 2. The molecule has 0 saturated carbocycles. The summed E-state index contributed by atoms with van der Waals surface area (Å²) in [5, 5.41) is 10.1. The van der Waals surface area contributed by atoms with Crippen molar-refractivity contribution < 1.29 is 4.74 Å². The zero-order chi connectivity index (χ0) is 25.8. The maximum absolute atomic E-state index is 8.83. The fourth-order valence-electron chi connectivity index (χ4n) is 5.55. The summed E-state index contributed by atoms with van der Waals surface area (Å²) in [5.41, 5.74) is 8.86. The van der Waals surface area contributed by atoms with E-state index in [1.165, 1.54) is 44.4 Å². The molecule has 1 saturated heterocycles. The zero-order valence-electron chi connectivity index (χ0n) is 22.1. The average molecular weight is 490 g/mol. The maximum atomic E-state index is 8.83. The normalized spacial score (nSPS) is 14.8. The third-order valence-corrected chi connectivity index (χ3v) is 7.57. The second-order valence-corrected chi connectivity index (χ2v) is 10.0. The van der Waals surface area contributed by atoms with Crippen molar-refractivity contribution in [3.05, 3.63) is 101 Å². The molecule has 3 aromatic carbocycles. The topological polar surface area (TPSA) is 41.2 Å². The molecule has 4 aromatic rings. The number of likely N-dealkylation sites (tertiary alicyclic amines) is 1. The Balaban J connectivity index is 1.45. The van der Waals surface area contributed by atoms with E-state index in [1.807, 2.05) is 0 Å². The molecule has 0 spiro atoms. The van der Waals surface area contributed by atoms with Gasteiger partial charge in [0.05, 0.1) is 6.07 Å². The minimum Gasteiger partial charge on any atom is -0.492 e. The number of benzene rings is 3. The highest BCUT2D eigenvalue weighted by Gasteiger charge is 2.25. The van der Waals surface area contributed by atoms with Gasteiger partial charge in [0.1, 0.15) is 12.4 Å². The van der Waals surface area contributed by atoms with E-state index >= 15 is 0 Å². The van der Waals surface area contributed by atoms with E-state index in [0.717, 1.165) is 31.8 Å². The molecule has 2 heterocycles. The van der Waals surface area contributed by atoms with Gasteiger partial charge in [-0.05, 0) is 65.8 Å². The first kappa shape index (κ1) is 24.9. The van der Waals surface area contributed by atoms with Crippen LogP contribution in [-0.2, 0) is 7.05 Å². The molecule has 0 bridgehead atoms. The Labute approximate surface area is 220 Å². The number of allylic oxidation sites excluding steroid dienone is 1. The molecule has 188 valence electrons. The number of ether oxygens (including phenoxy) is 1. The van der Waals surface area contributed by atoms with Crippen LogP contribution in [0, 0.1) is 24.2 Å². The van der Waals surface area contributed by atoms with Crippen molar-refractivity contribution in [2.24, 2.45) is 13.0 Å². The lowest BCUT2D eigenvalue weighted by molar-refractivity contribution is 0.0854. The Morgan fingerprint density at radius 1 is 1.00 bits per heavy atom. The van der Waals surface area contributed by atoms with Gasteiger partial charge in [0.2, 0.25) is 0 Å². The summed E-state index contributed by atoms with van der Waals surface area (Å²) in [5.74, 6) is 1.42. The molecule has 0 N–H and O–H groups in total. The fourth-order valence-corrected chi connectivity index (χ4v) is 5.55. The lowest BCUT2D eigenvalue weighted by Gasteiger charge is -2.37. The number of rotatable bonds is 9. The quantitative estimate of drug-likeness (QED) is 0.236. The minimum atomic E-state index is 0.532. The Morgan fingerprint density at radius 2 is 1.73 bits per heavy atom. The second kappa shape index (κ2) is 11.1. The van der Waals surface area contributed by atoms with Gasteiger partial charge in [-0.15, -0.1) is 0 Å². The van der Waals surface area contributed by atoms with Gasteiger partial charge in [-0.25, -0.2) is 0 Å². The molecule has 0 unspecified atom stereocenters. The van der Waals surface area contributed by atoms with Crippen LogP contribution in [0.25, 0.3) is 22.0 Å². The number of fused-ring (bicyclic) bond motifs is 1. The highest BCUT2D eigenvalue weighted by atomic mass is 16.5. The molecule has 1 fully saturated rings. The SMILES string of the molecule is CC/C(=C(/c1ccc(OCCN2CC(CC#N)C2)cc1)c1cc2ccccc2n1C)c1ccccc1C. The second-order valence-electron chi connectivity index (χ2n) is 10.0. The van der Waals surface area contributed by atoms with Gasteiger partial charge in [-0.2, -0.15) is 5.26 Å². The van der Waals surface area contributed by atoms with E-state index < -0.39 is 0 Å². The Morgan fingerprint density at radius 3 is 2.43 bits per heavy atom. The van der Waals surface area contributed by atoms with E-state index in [2.05, 4.69) is 115 Å². The summed E-state index contributed by atoms with van der Waals surface area (Å²) >= 11 is 0. The molecular formula is C33H35N3O. The van der Waals surface area contributed by atoms with Crippen molar-refractivity contribution in [3.63, 3.8) is 0 Å². The standard InChI is InChI=1S/C33H35N3O/c1-4-29(30-11-7-5-9-24(30)2)33(32-21-27-10-6-8-12-31(27)35(32)3)26-13-15-28(16-14-26)37-20-19-36-22-25(23-36)17-18-34/h5-16,21,25H,4,17,19-20,22-23H2,1-3H3/b33-29+. The van der Waals surface area contributed by atoms with Gasteiger partial charge in [0.25, 0.3) is 0 Å². The van der Waals surface area contributed by atoms with Crippen molar-refractivity contribution in [2.75, 3.05) is 26.2 Å². The summed E-state index contributed by atoms with van der Waals surface area (Å²) in [6.45, 7) is 8.02. The molecule has 4 nitrogen and oxygen atoms in total. The van der Waals surface area contributed by atoms with Crippen molar-refractivity contribution in [2.45, 2.75) is 26.7 Å². The maximum Gasteiger partial charge on any atom is 0.119 e. The van der Waals surface area contributed by atoms with Crippen LogP contribution in [0.15, 0.2) is 78.9 Å². The van der Waals surface area contributed by atoms with E-state index in [-0.39, 0.29) is 0 Å². The first-order valence-corrected chi connectivity index (χ1v) is 13.3. The highest BCUT2D eigenvalue weighted by molar-refractivity contribution is 6.01. The van der Waals surface area contributed by atoms with Crippen LogP contribution in [0.3, 0.4) is 0 Å².